The summed E-state index contributed by atoms with van der Waals surface area (Å²) < 4.78 is 1.94. The van der Waals surface area contributed by atoms with Gasteiger partial charge in [-0.1, -0.05) is 0 Å². The van der Waals surface area contributed by atoms with Gasteiger partial charge in [0.15, 0.2) is 0 Å². The van der Waals surface area contributed by atoms with Crippen LogP contribution in [0.3, 0.4) is 0 Å². The van der Waals surface area contributed by atoms with Crippen LogP contribution in [0.2, 0.25) is 0 Å². The Labute approximate surface area is 108 Å². The third-order valence-corrected chi connectivity index (χ3v) is 3.97. The van der Waals surface area contributed by atoms with Crippen molar-refractivity contribution in [3.63, 3.8) is 0 Å². The van der Waals surface area contributed by atoms with E-state index in [0.717, 1.165) is 32.5 Å². The smallest absolute Gasteiger partial charge is 0.224 e. The van der Waals surface area contributed by atoms with E-state index in [9.17, 15) is 4.79 Å². The number of aromatic nitrogens is 2. The van der Waals surface area contributed by atoms with Gasteiger partial charge in [-0.15, -0.1) is 0 Å². The van der Waals surface area contributed by atoms with Gasteiger partial charge >= 0.3 is 0 Å². The zero-order valence-corrected chi connectivity index (χ0v) is 11.2. The van der Waals surface area contributed by atoms with Gasteiger partial charge in [0.05, 0.1) is 6.33 Å². The predicted molar refractivity (Wildman–Crippen MR) is 70.1 cm³/mol. The Morgan fingerprint density at radius 3 is 2.72 bits per heavy atom. The van der Waals surface area contributed by atoms with Crippen molar-refractivity contribution in [3.05, 3.63) is 18.7 Å². The van der Waals surface area contributed by atoms with Gasteiger partial charge in [0, 0.05) is 44.0 Å². The fourth-order valence-corrected chi connectivity index (χ4v) is 2.30. The molecule has 0 bridgehead atoms. The van der Waals surface area contributed by atoms with E-state index in [1.165, 1.54) is 0 Å². The molecule has 5 heteroatoms. The number of piperidine rings is 1. The molecule has 1 saturated heterocycles. The molecule has 1 aromatic heterocycles. The molecule has 1 aromatic rings. The van der Waals surface area contributed by atoms with E-state index in [1.807, 2.05) is 22.7 Å². The minimum absolute atomic E-state index is 0.196. The molecular weight excluding hydrogens is 228 g/mol. The number of nitrogens with one attached hydrogen (secondary N) is 1. The van der Waals surface area contributed by atoms with E-state index >= 15 is 0 Å². The fraction of sp³-hybridized carbons (Fsp3) is 0.692. The highest BCUT2D eigenvalue weighted by molar-refractivity contribution is 5.76. The molecule has 0 radical (unpaired) electrons. The Hall–Kier alpha value is -1.36. The summed E-state index contributed by atoms with van der Waals surface area (Å²) in [6.45, 7) is 4.67. The molecule has 1 aliphatic heterocycles. The minimum Gasteiger partial charge on any atom is -0.343 e. The number of carbonyl (C=O) groups is 1. The maximum Gasteiger partial charge on any atom is 0.224 e. The number of hydrogen-bond acceptors (Lipinski definition) is 3. The SMILES string of the molecule is CNC1(C)CCN(C(=O)CCn2ccnc2)CC1. The van der Waals surface area contributed by atoms with Crippen molar-refractivity contribution in [3.8, 4) is 0 Å². The number of rotatable bonds is 4. The maximum atomic E-state index is 12.1. The van der Waals surface area contributed by atoms with Crippen LogP contribution in [0.15, 0.2) is 18.7 Å². The minimum atomic E-state index is 0.196. The van der Waals surface area contributed by atoms with Gasteiger partial charge in [0.2, 0.25) is 5.91 Å². The summed E-state index contributed by atoms with van der Waals surface area (Å²) in [5.74, 6) is 0.252. The van der Waals surface area contributed by atoms with Crippen molar-refractivity contribution < 1.29 is 4.79 Å². The highest BCUT2D eigenvalue weighted by Crippen LogP contribution is 2.21. The highest BCUT2D eigenvalue weighted by Gasteiger charge is 2.29. The van der Waals surface area contributed by atoms with Crippen molar-refractivity contribution in [1.82, 2.24) is 19.8 Å². The molecule has 1 N–H and O–H groups in total. The lowest BCUT2D eigenvalue weighted by Crippen LogP contribution is -2.51. The molecule has 0 atom stereocenters. The standard InChI is InChI=1S/C13H22N4O/c1-13(14-2)4-8-17(9-5-13)12(18)3-7-16-10-6-15-11-16/h6,10-11,14H,3-5,7-9H2,1-2H3. The van der Waals surface area contributed by atoms with Gasteiger partial charge in [-0.25, -0.2) is 4.98 Å². The molecule has 0 aromatic carbocycles. The van der Waals surface area contributed by atoms with Gasteiger partial charge in [0.25, 0.3) is 0 Å². The molecule has 0 unspecified atom stereocenters. The first-order valence-electron chi connectivity index (χ1n) is 6.55. The molecular formula is C13H22N4O. The normalized spacial score (nSPS) is 18.9. The zero-order chi connectivity index (χ0) is 13.0. The first-order valence-corrected chi connectivity index (χ1v) is 6.55. The van der Waals surface area contributed by atoms with Gasteiger partial charge < -0.3 is 14.8 Å². The Bertz CT molecular complexity index is 380. The molecule has 100 valence electrons. The van der Waals surface area contributed by atoms with Gasteiger partial charge in [0.1, 0.15) is 0 Å². The van der Waals surface area contributed by atoms with Crippen LogP contribution in [0.4, 0.5) is 0 Å². The number of carbonyl (C=O) groups excluding carboxylic acids is 1. The summed E-state index contributed by atoms with van der Waals surface area (Å²) in [5, 5.41) is 3.34. The number of amides is 1. The van der Waals surface area contributed by atoms with Crippen molar-refractivity contribution in [2.75, 3.05) is 20.1 Å². The average Bonchev–Trinajstić information content (AvgIpc) is 2.90. The number of aryl methyl sites for hydroxylation is 1. The molecule has 2 rings (SSSR count). The van der Waals surface area contributed by atoms with Crippen molar-refractivity contribution in [2.45, 2.75) is 38.3 Å². The number of imidazole rings is 1. The molecule has 0 saturated carbocycles. The van der Waals surface area contributed by atoms with Crippen LogP contribution in [0.5, 0.6) is 0 Å². The molecule has 1 aliphatic rings. The second kappa shape index (κ2) is 5.52. The van der Waals surface area contributed by atoms with Crippen molar-refractivity contribution >= 4 is 5.91 Å². The first-order chi connectivity index (χ1) is 8.63. The van der Waals surface area contributed by atoms with Gasteiger partial charge in [-0.3, -0.25) is 4.79 Å². The third kappa shape index (κ3) is 3.10. The maximum absolute atomic E-state index is 12.1. The molecule has 0 spiro atoms. The lowest BCUT2D eigenvalue weighted by atomic mass is 9.90. The Kier molecular flexibility index (Phi) is 4.01. The topological polar surface area (TPSA) is 50.2 Å². The lowest BCUT2D eigenvalue weighted by molar-refractivity contribution is -0.133. The van der Waals surface area contributed by atoms with E-state index < -0.39 is 0 Å². The summed E-state index contributed by atoms with van der Waals surface area (Å²) in [6, 6.07) is 0. The van der Waals surface area contributed by atoms with E-state index in [2.05, 4.69) is 17.2 Å². The number of likely N-dealkylation sites (tertiary alicyclic amines) is 1. The van der Waals surface area contributed by atoms with Gasteiger partial charge in [-0.2, -0.15) is 0 Å². The lowest BCUT2D eigenvalue weighted by Gasteiger charge is -2.39. The monoisotopic (exact) mass is 250 g/mol. The second-order valence-corrected chi connectivity index (χ2v) is 5.24. The second-order valence-electron chi connectivity index (χ2n) is 5.24. The average molecular weight is 250 g/mol. The molecule has 0 aliphatic carbocycles. The van der Waals surface area contributed by atoms with Crippen LogP contribution in [0.25, 0.3) is 0 Å². The third-order valence-electron chi connectivity index (χ3n) is 3.97. The predicted octanol–water partition coefficient (Wildman–Crippen LogP) is 0.874. The number of nitrogens with zero attached hydrogens (tertiary/aromatic N) is 3. The quantitative estimate of drug-likeness (QED) is 0.863. The zero-order valence-electron chi connectivity index (χ0n) is 11.2. The molecule has 1 amide bonds. The summed E-state index contributed by atoms with van der Waals surface area (Å²) >= 11 is 0. The largest absolute Gasteiger partial charge is 0.343 e. The van der Waals surface area contributed by atoms with E-state index in [4.69, 9.17) is 0 Å². The summed E-state index contributed by atoms with van der Waals surface area (Å²) in [7, 11) is 2.00. The summed E-state index contributed by atoms with van der Waals surface area (Å²) in [5.41, 5.74) is 0.196. The van der Waals surface area contributed by atoms with Gasteiger partial charge in [-0.05, 0) is 26.8 Å². The molecule has 18 heavy (non-hydrogen) atoms. The van der Waals surface area contributed by atoms with Crippen LogP contribution in [-0.2, 0) is 11.3 Å². The molecule has 5 nitrogen and oxygen atoms in total. The van der Waals surface area contributed by atoms with Crippen molar-refractivity contribution in [2.24, 2.45) is 0 Å². The van der Waals surface area contributed by atoms with Crippen LogP contribution >= 0.6 is 0 Å². The summed E-state index contributed by atoms with van der Waals surface area (Å²) in [6.07, 6.45) is 8.00. The fourth-order valence-electron chi connectivity index (χ4n) is 2.30. The Balaban J connectivity index is 1.77. The van der Waals surface area contributed by atoms with Crippen LogP contribution < -0.4 is 5.32 Å². The van der Waals surface area contributed by atoms with Crippen LogP contribution in [-0.4, -0.2) is 46.0 Å². The van der Waals surface area contributed by atoms with Crippen molar-refractivity contribution in [1.29, 1.82) is 0 Å². The van der Waals surface area contributed by atoms with Crippen LogP contribution in [0, 0.1) is 0 Å². The number of hydrogen-bond donors (Lipinski definition) is 1. The molecule has 2 heterocycles. The summed E-state index contributed by atoms with van der Waals surface area (Å²) in [4.78, 5) is 18.0. The molecule has 1 fully saturated rings. The highest BCUT2D eigenvalue weighted by atomic mass is 16.2. The first kappa shape index (κ1) is 13.1. The van der Waals surface area contributed by atoms with E-state index in [0.29, 0.717) is 6.42 Å². The van der Waals surface area contributed by atoms with E-state index in [1.54, 1.807) is 12.5 Å². The Morgan fingerprint density at radius 1 is 1.44 bits per heavy atom. The Morgan fingerprint density at radius 2 is 2.17 bits per heavy atom. The van der Waals surface area contributed by atoms with Crippen LogP contribution in [0.1, 0.15) is 26.2 Å². The van der Waals surface area contributed by atoms with E-state index in [-0.39, 0.29) is 11.4 Å².